The molecule has 4 aromatic heterocycles. The van der Waals surface area contributed by atoms with Crippen molar-refractivity contribution in [3.63, 3.8) is 0 Å². The predicted molar refractivity (Wildman–Crippen MR) is 146 cm³/mol. The van der Waals surface area contributed by atoms with E-state index >= 15 is 0 Å². The fourth-order valence-corrected chi connectivity index (χ4v) is 5.94. The molecule has 5 rings (SSSR count). The number of nitrogens with one attached hydrogen (secondary N) is 1. The van der Waals surface area contributed by atoms with Gasteiger partial charge in [0.1, 0.15) is 11.1 Å². The number of pyridine rings is 1. The van der Waals surface area contributed by atoms with Gasteiger partial charge in [0.2, 0.25) is 0 Å². The van der Waals surface area contributed by atoms with Crippen molar-refractivity contribution in [1.82, 2.24) is 29.7 Å². The van der Waals surface area contributed by atoms with Crippen LogP contribution in [0.25, 0.3) is 27.5 Å². The smallest absolute Gasteiger partial charge is 0.407 e. The largest absolute Gasteiger partial charge is 0.465 e. The molecule has 0 aromatic carbocycles. The van der Waals surface area contributed by atoms with Gasteiger partial charge in [-0.3, -0.25) is 4.98 Å². The molecule has 1 amide bonds. The number of nitrogens with zero attached hydrogens (tertiary/aromatic N) is 7. The van der Waals surface area contributed by atoms with Crippen LogP contribution < -0.4 is 5.32 Å². The average Bonchev–Trinajstić information content (AvgIpc) is 3.46. The topological polar surface area (TPSA) is 132 Å². The SMILES string of the molecule is CC(C)Nc1cc(-c2ccc3cc(C#N)cnn23)ncc1-c1nnc([C@H]2C[C@H](N(C(=O)O)C(C)(C)C)C2)s1. The standard InChI is InChI=1S/C27H30N8O2S/c1-15(2)31-21-11-22(23-7-6-18-8-16(12-28)13-30-35(18)23)29-14-20(21)25-33-32-24(38-25)17-9-19(10-17)34(26(36)37)27(3,4)5/h6-8,11,13-15,17,19H,9-10H2,1-5H3,(H,29,31)(H,36,37)/t17-,19-. The van der Waals surface area contributed by atoms with Gasteiger partial charge in [-0.25, -0.2) is 9.31 Å². The van der Waals surface area contributed by atoms with E-state index in [4.69, 9.17) is 4.98 Å². The number of carboxylic acid groups (broad SMARTS) is 1. The number of hydrogen-bond donors (Lipinski definition) is 2. The minimum Gasteiger partial charge on any atom is -0.465 e. The molecule has 0 bridgehead atoms. The van der Waals surface area contributed by atoms with Crippen LogP contribution in [-0.2, 0) is 0 Å². The van der Waals surface area contributed by atoms with Gasteiger partial charge in [0.05, 0.1) is 34.2 Å². The van der Waals surface area contributed by atoms with E-state index in [1.54, 1.807) is 21.7 Å². The second-order valence-corrected chi connectivity index (χ2v) is 11.9. The summed E-state index contributed by atoms with van der Waals surface area (Å²) < 4.78 is 1.77. The van der Waals surface area contributed by atoms with Crippen LogP contribution in [0.1, 0.15) is 63.9 Å². The third-order valence-corrected chi connectivity index (χ3v) is 7.79. The summed E-state index contributed by atoms with van der Waals surface area (Å²) in [5.41, 5.74) is 4.21. The maximum absolute atomic E-state index is 11.8. The molecule has 10 nitrogen and oxygen atoms in total. The van der Waals surface area contributed by atoms with Gasteiger partial charge in [-0.2, -0.15) is 10.4 Å². The van der Waals surface area contributed by atoms with E-state index in [-0.39, 0.29) is 18.0 Å². The van der Waals surface area contributed by atoms with E-state index in [1.165, 1.54) is 11.3 Å². The number of amides is 1. The Hall–Kier alpha value is -4.04. The fourth-order valence-electron chi connectivity index (χ4n) is 4.95. The number of aromatic nitrogens is 5. The summed E-state index contributed by atoms with van der Waals surface area (Å²) in [5.74, 6) is 0.195. The third kappa shape index (κ3) is 4.79. The molecule has 1 aliphatic carbocycles. The van der Waals surface area contributed by atoms with Gasteiger partial charge in [0.25, 0.3) is 0 Å². The first kappa shape index (κ1) is 25.6. The molecule has 4 aromatic rings. The second-order valence-electron chi connectivity index (χ2n) is 10.9. The lowest BCUT2D eigenvalue weighted by Crippen LogP contribution is -2.55. The van der Waals surface area contributed by atoms with E-state index in [0.29, 0.717) is 5.56 Å². The molecule has 0 spiro atoms. The Labute approximate surface area is 225 Å². The lowest BCUT2D eigenvalue weighted by molar-refractivity contribution is 0.0338. The summed E-state index contributed by atoms with van der Waals surface area (Å²) in [4.78, 5) is 18.1. The van der Waals surface area contributed by atoms with Crippen LogP contribution in [-0.4, -0.2) is 58.5 Å². The zero-order chi connectivity index (χ0) is 27.2. The van der Waals surface area contributed by atoms with Crippen LogP contribution >= 0.6 is 11.3 Å². The van der Waals surface area contributed by atoms with Crippen LogP contribution in [0.2, 0.25) is 0 Å². The van der Waals surface area contributed by atoms with E-state index in [0.717, 1.165) is 51.0 Å². The highest BCUT2D eigenvalue weighted by atomic mass is 32.1. The van der Waals surface area contributed by atoms with Crippen molar-refractivity contribution in [2.45, 2.75) is 71.0 Å². The number of hydrogen-bond acceptors (Lipinski definition) is 8. The Bertz CT molecular complexity index is 1540. The van der Waals surface area contributed by atoms with Crippen molar-refractivity contribution in [3.05, 3.63) is 47.2 Å². The fraction of sp³-hybridized carbons (Fsp3) is 0.407. The molecular formula is C27H30N8O2S. The minimum atomic E-state index is -0.883. The molecule has 0 radical (unpaired) electrons. The molecule has 1 saturated carbocycles. The molecule has 38 heavy (non-hydrogen) atoms. The molecule has 11 heteroatoms. The lowest BCUT2D eigenvalue weighted by Gasteiger charge is -2.46. The van der Waals surface area contributed by atoms with Gasteiger partial charge in [-0.05, 0) is 71.7 Å². The molecule has 0 unspecified atom stereocenters. The summed E-state index contributed by atoms with van der Waals surface area (Å²) in [6.45, 7) is 9.92. The third-order valence-electron chi connectivity index (χ3n) is 6.67. The summed E-state index contributed by atoms with van der Waals surface area (Å²) in [7, 11) is 0. The Kier molecular flexibility index (Phi) is 6.53. The average molecular weight is 531 g/mol. The van der Waals surface area contributed by atoms with Crippen molar-refractivity contribution < 1.29 is 9.90 Å². The molecule has 1 fully saturated rings. The van der Waals surface area contributed by atoms with Gasteiger partial charge >= 0.3 is 6.09 Å². The normalized spacial score (nSPS) is 17.3. The van der Waals surface area contributed by atoms with E-state index in [1.807, 2.05) is 45.2 Å². The monoisotopic (exact) mass is 530 g/mol. The Morgan fingerprint density at radius 2 is 2.00 bits per heavy atom. The van der Waals surface area contributed by atoms with Gasteiger partial charge in [0.15, 0.2) is 5.01 Å². The van der Waals surface area contributed by atoms with Crippen molar-refractivity contribution in [2.75, 3.05) is 5.32 Å². The highest BCUT2D eigenvalue weighted by molar-refractivity contribution is 7.14. The van der Waals surface area contributed by atoms with Crippen molar-refractivity contribution in [2.24, 2.45) is 0 Å². The van der Waals surface area contributed by atoms with Gasteiger partial charge in [-0.15, -0.1) is 10.2 Å². The molecule has 4 heterocycles. The Balaban J connectivity index is 1.41. The van der Waals surface area contributed by atoms with Crippen LogP contribution in [0.15, 0.2) is 36.7 Å². The molecular weight excluding hydrogens is 500 g/mol. The summed E-state index contributed by atoms with van der Waals surface area (Å²) in [6.07, 6.45) is 3.96. The first-order valence-electron chi connectivity index (χ1n) is 12.6. The van der Waals surface area contributed by atoms with Crippen LogP contribution in [0.4, 0.5) is 10.5 Å². The minimum absolute atomic E-state index is 0.0151. The summed E-state index contributed by atoms with van der Waals surface area (Å²) in [5, 5.41) is 37.4. The van der Waals surface area contributed by atoms with Crippen molar-refractivity contribution in [1.29, 1.82) is 5.26 Å². The second kappa shape index (κ2) is 9.68. The molecule has 0 atom stereocenters. The number of rotatable bonds is 6. The highest BCUT2D eigenvalue weighted by Gasteiger charge is 2.43. The number of nitriles is 1. The van der Waals surface area contributed by atoms with E-state index in [9.17, 15) is 15.2 Å². The number of anilines is 1. The molecule has 2 N–H and O–H groups in total. The van der Waals surface area contributed by atoms with E-state index in [2.05, 4.69) is 40.5 Å². The first-order valence-corrected chi connectivity index (χ1v) is 13.4. The maximum atomic E-state index is 11.8. The predicted octanol–water partition coefficient (Wildman–Crippen LogP) is 5.63. The Morgan fingerprint density at radius 1 is 1.24 bits per heavy atom. The zero-order valence-electron chi connectivity index (χ0n) is 22.0. The molecule has 0 aliphatic heterocycles. The number of fused-ring (bicyclic) bond motifs is 1. The van der Waals surface area contributed by atoms with Crippen LogP contribution in [0.5, 0.6) is 0 Å². The van der Waals surface area contributed by atoms with Crippen LogP contribution in [0, 0.1) is 11.3 Å². The maximum Gasteiger partial charge on any atom is 0.407 e. The Morgan fingerprint density at radius 3 is 2.66 bits per heavy atom. The zero-order valence-corrected chi connectivity index (χ0v) is 22.8. The van der Waals surface area contributed by atoms with Gasteiger partial charge < -0.3 is 15.3 Å². The van der Waals surface area contributed by atoms with E-state index < -0.39 is 11.6 Å². The molecule has 196 valence electrons. The first-order chi connectivity index (χ1) is 18.0. The van der Waals surface area contributed by atoms with Crippen molar-refractivity contribution in [3.8, 4) is 28.0 Å². The molecule has 1 aliphatic rings. The highest BCUT2D eigenvalue weighted by Crippen LogP contribution is 2.44. The lowest BCUT2D eigenvalue weighted by atomic mass is 9.78. The van der Waals surface area contributed by atoms with Gasteiger partial charge in [-0.1, -0.05) is 11.3 Å². The van der Waals surface area contributed by atoms with Crippen molar-refractivity contribution >= 4 is 28.6 Å². The molecule has 0 saturated heterocycles. The van der Waals surface area contributed by atoms with Crippen LogP contribution in [0.3, 0.4) is 0 Å². The quantitative estimate of drug-likeness (QED) is 0.328. The summed E-state index contributed by atoms with van der Waals surface area (Å²) >= 11 is 1.53. The number of carbonyl (C=O) groups is 1. The van der Waals surface area contributed by atoms with Gasteiger partial charge in [0, 0.05) is 35.4 Å². The summed E-state index contributed by atoms with van der Waals surface area (Å²) in [6, 6.07) is 9.94.